The van der Waals surface area contributed by atoms with E-state index in [1.165, 1.54) is 43.0 Å². The molecule has 2 unspecified atom stereocenters. The number of rotatable bonds is 4. The van der Waals surface area contributed by atoms with E-state index in [1.54, 1.807) is 0 Å². The Hall–Kier alpha value is -0.180. The Kier molecular flexibility index (Phi) is 5.22. The molecule has 0 bridgehead atoms. The van der Waals surface area contributed by atoms with Crippen molar-refractivity contribution in [3.05, 3.63) is 0 Å². The van der Waals surface area contributed by atoms with Crippen LogP contribution in [-0.4, -0.2) is 23.5 Å². The van der Waals surface area contributed by atoms with E-state index in [9.17, 15) is 0 Å². The van der Waals surface area contributed by atoms with Gasteiger partial charge in [0.05, 0.1) is 0 Å². The second kappa shape index (κ2) is 6.51. The molecule has 1 N–H and O–H groups in total. The van der Waals surface area contributed by atoms with Gasteiger partial charge in [0.2, 0.25) is 0 Å². The second-order valence-corrected chi connectivity index (χ2v) is 8.16. The van der Waals surface area contributed by atoms with Gasteiger partial charge in [0.15, 0.2) is 5.17 Å². The number of thioether (sulfide) groups is 1. The first-order chi connectivity index (χ1) is 9.01. The maximum atomic E-state index is 4.94. The maximum absolute atomic E-state index is 4.94. The molecular formula is C16H30N2S. The normalized spacial score (nSPS) is 32.8. The minimum Gasteiger partial charge on any atom is -0.362 e. The quantitative estimate of drug-likeness (QED) is 0.831. The van der Waals surface area contributed by atoms with Gasteiger partial charge in [-0.25, -0.2) is 0 Å². The first-order valence-corrected chi connectivity index (χ1v) is 8.93. The number of hydrogen-bond acceptors (Lipinski definition) is 2. The summed E-state index contributed by atoms with van der Waals surface area (Å²) in [6, 6.07) is 0.574. The van der Waals surface area contributed by atoms with Crippen LogP contribution in [0.25, 0.3) is 0 Å². The summed E-state index contributed by atoms with van der Waals surface area (Å²) in [7, 11) is 0. The SMILES string of the molecule is CC(C)CC1(CN=C2NC(C)C(C)CS2)CCCC1. The average molecular weight is 282 g/mol. The first kappa shape index (κ1) is 15.2. The van der Waals surface area contributed by atoms with Gasteiger partial charge >= 0.3 is 0 Å². The molecule has 2 nitrogen and oxygen atoms in total. The molecule has 110 valence electrons. The summed E-state index contributed by atoms with van der Waals surface area (Å²) in [5.41, 5.74) is 0.510. The van der Waals surface area contributed by atoms with E-state index in [1.807, 2.05) is 11.8 Å². The summed E-state index contributed by atoms with van der Waals surface area (Å²) in [6.07, 6.45) is 6.94. The molecule has 0 radical (unpaired) electrons. The van der Waals surface area contributed by atoms with Crippen molar-refractivity contribution in [3.63, 3.8) is 0 Å². The molecule has 2 aliphatic rings. The third-order valence-electron chi connectivity index (χ3n) is 4.75. The molecule has 1 saturated carbocycles. The standard InChI is InChI=1S/C16H30N2S/c1-12(2)9-16(7-5-6-8-16)11-17-15-18-14(4)13(3)10-19-15/h12-14H,5-11H2,1-4H3,(H,17,18). The predicted octanol–water partition coefficient (Wildman–Crippen LogP) is 4.31. The van der Waals surface area contributed by atoms with Crippen molar-refractivity contribution >= 4 is 16.9 Å². The van der Waals surface area contributed by atoms with Crippen molar-refractivity contribution in [1.82, 2.24) is 5.32 Å². The van der Waals surface area contributed by atoms with Crippen LogP contribution in [-0.2, 0) is 0 Å². The summed E-state index contributed by atoms with van der Waals surface area (Å²) in [4.78, 5) is 4.94. The van der Waals surface area contributed by atoms with Crippen molar-refractivity contribution in [2.45, 2.75) is 65.8 Å². The highest BCUT2D eigenvalue weighted by atomic mass is 32.2. The van der Waals surface area contributed by atoms with Gasteiger partial charge in [-0.15, -0.1) is 0 Å². The number of hydrogen-bond donors (Lipinski definition) is 1. The van der Waals surface area contributed by atoms with Crippen molar-refractivity contribution in [2.75, 3.05) is 12.3 Å². The van der Waals surface area contributed by atoms with E-state index in [2.05, 4.69) is 33.0 Å². The number of nitrogens with zero attached hydrogens (tertiary/aromatic N) is 1. The molecule has 0 spiro atoms. The summed E-state index contributed by atoms with van der Waals surface area (Å²) in [6.45, 7) is 10.3. The zero-order valence-corrected chi connectivity index (χ0v) is 13.9. The maximum Gasteiger partial charge on any atom is 0.156 e. The molecule has 0 aromatic heterocycles. The summed E-state index contributed by atoms with van der Waals surface area (Å²) in [5.74, 6) is 2.76. The van der Waals surface area contributed by atoms with Gasteiger partial charge in [-0.05, 0) is 43.4 Å². The molecule has 3 heteroatoms. The average Bonchev–Trinajstić information content (AvgIpc) is 2.79. The van der Waals surface area contributed by atoms with Crippen molar-refractivity contribution in [3.8, 4) is 0 Å². The minimum absolute atomic E-state index is 0.510. The molecule has 2 fully saturated rings. The monoisotopic (exact) mass is 282 g/mol. The number of aliphatic imine (C=N–C) groups is 1. The molecule has 0 aromatic carbocycles. The molecule has 1 aliphatic carbocycles. The van der Waals surface area contributed by atoms with Gasteiger partial charge in [-0.2, -0.15) is 0 Å². The fraction of sp³-hybridized carbons (Fsp3) is 0.938. The fourth-order valence-corrected chi connectivity index (χ4v) is 4.62. The molecule has 19 heavy (non-hydrogen) atoms. The predicted molar refractivity (Wildman–Crippen MR) is 86.9 cm³/mol. The van der Waals surface area contributed by atoms with Crippen LogP contribution in [0.5, 0.6) is 0 Å². The zero-order valence-electron chi connectivity index (χ0n) is 13.0. The summed E-state index contributed by atoms with van der Waals surface area (Å²) < 4.78 is 0. The van der Waals surface area contributed by atoms with Crippen molar-refractivity contribution < 1.29 is 0 Å². The van der Waals surface area contributed by atoms with E-state index >= 15 is 0 Å². The van der Waals surface area contributed by atoms with Gasteiger partial charge in [-0.3, -0.25) is 4.99 Å². The van der Waals surface area contributed by atoms with Gasteiger partial charge in [0, 0.05) is 18.3 Å². The van der Waals surface area contributed by atoms with Crippen LogP contribution in [0.3, 0.4) is 0 Å². The van der Waals surface area contributed by atoms with Crippen LogP contribution < -0.4 is 5.32 Å². The van der Waals surface area contributed by atoms with E-state index in [0.717, 1.165) is 18.4 Å². The van der Waals surface area contributed by atoms with Crippen LogP contribution in [0.1, 0.15) is 59.8 Å². The Balaban J connectivity index is 1.95. The van der Waals surface area contributed by atoms with E-state index in [-0.39, 0.29) is 0 Å². The van der Waals surface area contributed by atoms with Crippen LogP contribution >= 0.6 is 11.8 Å². The highest BCUT2D eigenvalue weighted by Gasteiger charge is 2.34. The first-order valence-electron chi connectivity index (χ1n) is 7.94. The van der Waals surface area contributed by atoms with Crippen LogP contribution in [0.2, 0.25) is 0 Å². The largest absolute Gasteiger partial charge is 0.362 e. The molecule has 0 amide bonds. The topological polar surface area (TPSA) is 24.4 Å². The Labute approximate surface area is 123 Å². The van der Waals surface area contributed by atoms with Gasteiger partial charge < -0.3 is 5.32 Å². The summed E-state index contributed by atoms with van der Waals surface area (Å²) >= 11 is 1.91. The second-order valence-electron chi connectivity index (χ2n) is 7.15. The van der Waals surface area contributed by atoms with E-state index in [4.69, 9.17) is 4.99 Å². The number of nitrogens with one attached hydrogen (secondary N) is 1. The highest BCUT2D eigenvalue weighted by Crippen LogP contribution is 2.43. The lowest BCUT2D eigenvalue weighted by molar-refractivity contribution is 0.245. The molecule has 1 heterocycles. The van der Waals surface area contributed by atoms with Gasteiger partial charge in [-0.1, -0.05) is 45.4 Å². The lowest BCUT2D eigenvalue weighted by Gasteiger charge is -2.32. The highest BCUT2D eigenvalue weighted by molar-refractivity contribution is 8.13. The number of amidine groups is 1. The van der Waals surface area contributed by atoms with Gasteiger partial charge in [0.1, 0.15) is 0 Å². The smallest absolute Gasteiger partial charge is 0.156 e. The van der Waals surface area contributed by atoms with E-state index in [0.29, 0.717) is 11.5 Å². The van der Waals surface area contributed by atoms with Crippen molar-refractivity contribution in [1.29, 1.82) is 0 Å². The lowest BCUT2D eigenvalue weighted by atomic mass is 9.79. The molecule has 2 atom stereocenters. The van der Waals surface area contributed by atoms with Crippen molar-refractivity contribution in [2.24, 2.45) is 22.2 Å². The van der Waals surface area contributed by atoms with E-state index < -0.39 is 0 Å². The Morgan fingerprint density at radius 2 is 2.00 bits per heavy atom. The lowest BCUT2D eigenvalue weighted by Crippen LogP contribution is -2.41. The Morgan fingerprint density at radius 3 is 2.58 bits per heavy atom. The zero-order chi connectivity index (χ0) is 13.9. The summed E-state index contributed by atoms with van der Waals surface area (Å²) in [5, 5.41) is 4.77. The molecule has 0 aromatic rings. The fourth-order valence-electron chi connectivity index (χ4n) is 3.48. The van der Waals surface area contributed by atoms with Crippen LogP contribution in [0, 0.1) is 17.3 Å². The Morgan fingerprint density at radius 1 is 1.32 bits per heavy atom. The molecule has 1 saturated heterocycles. The van der Waals surface area contributed by atoms with Gasteiger partial charge in [0.25, 0.3) is 0 Å². The Bertz CT molecular complexity index is 319. The molecule has 2 rings (SSSR count). The molecule has 1 aliphatic heterocycles. The minimum atomic E-state index is 0.510. The van der Waals surface area contributed by atoms with Crippen LogP contribution in [0.15, 0.2) is 4.99 Å². The molecular weight excluding hydrogens is 252 g/mol. The van der Waals surface area contributed by atoms with Crippen LogP contribution in [0.4, 0.5) is 0 Å². The third kappa shape index (κ3) is 4.14. The third-order valence-corrected chi connectivity index (χ3v) is 5.96.